The number of hydrazone groups is 1. The number of nitro groups is 1. The van der Waals surface area contributed by atoms with E-state index in [9.17, 15) is 14.9 Å². The van der Waals surface area contributed by atoms with Gasteiger partial charge in [-0.15, -0.1) is 0 Å². The van der Waals surface area contributed by atoms with Crippen LogP contribution in [0.5, 0.6) is 0 Å². The maximum absolute atomic E-state index is 11.6. The summed E-state index contributed by atoms with van der Waals surface area (Å²) in [6.07, 6.45) is 5.40. The van der Waals surface area contributed by atoms with Crippen LogP contribution in [0.3, 0.4) is 0 Å². The number of carbonyl (C=O) groups is 1. The largest absolute Gasteiger partial charge is 0.378 e. The third-order valence-electron chi connectivity index (χ3n) is 4.94. The molecule has 32 heavy (non-hydrogen) atoms. The monoisotopic (exact) mass is 441 g/mol. The molecule has 0 aliphatic carbocycles. The Labute approximate surface area is 184 Å². The van der Waals surface area contributed by atoms with E-state index in [1.165, 1.54) is 6.07 Å². The first-order valence-corrected chi connectivity index (χ1v) is 10.3. The zero-order valence-corrected chi connectivity index (χ0v) is 17.8. The molecule has 0 saturated carbocycles. The molecule has 1 aliphatic heterocycles. The summed E-state index contributed by atoms with van der Waals surface area (Å²) in [5.74, 6) is 0.0443. The summed E-state index contributed by atoms with van der Waals surface area (Å²) in [5.41, 5.74) is 10.9. The van der Waals surface area contributed by atoms with Crippen molar-refractivity contribution in [3.8, 4) is 0 Å². The zero-order valence-electron chi connectivity index (χ0n) is 17.8. The Morgan fingerprint density at radius 3 is 2.97 bits per heavy atom. The number of aromatic nitrogens is 2. The van der Waals surface area contributed by atoms with Crippen LogP contribution in [-0.2, 0) is 11.2 Å². The number of guanidine groups is 1. The smallest absolute Gasteiger partial charge is 0.292 e. The molecule has 2 aromatic rings. The first-order chi connectivity index (χ1) is 15.4. The minimum Gasteiger partial charge on any atom is -0.378 e. The maximum atomic E-state index is 11.6. The van der Waals surface area contributed by atoms with Crippen molar-refractivity contribution >= 4 is 29.0 Å². The van der Waals surface area contributed by atoms with Crippen LogP contribution in [-0.4, -0.2) is 52.1 Å². The number of aromatic amines is 1. The van der Waals surface area contributed by atoms with Crippen molar-refractivity contribution in [3.63, 3.8) is 0 Å². The summed E-state index contributed by atoms with van der Waals surface area (Å²) < 4.78 is 0. The third kappa shape index (κ3) is 6.27. The maximum Gasteiger partial charge on any atom is 0.292 e. The number of H-pyrrole nitrogens is 1. The molecule has 1 unspecified atom stereocenters. The van der Waals surface area contributed by atoms with Gasteiger partial charge in [-0.25, -0.2) is 10.4 Å². The molecule has 3 rings (SSSR count). The average molecular weight is 441 g/mol. The number of rotatable bonds is 10. The minimum atomic E-state index is -0.443. The number of hydrogen-bond donors (Lipinski definition) is 5. The van der Waals surface area contributed by atoms with Gasteiger partial charge in [0, 0.05) is 55.5 Å². The van der Waals surface area contributed by atoms with E-state index in [1.807, 2.05) is 6.92 Å². The van der Waals surface area contributed by atoms with Crippen molar-refractivity contribution in [3.05, 3.63) is 52.1 Å². The predicted octanol–water partition coefficient (Wildman–Crippen LogP) is 1.13. The van der Waals surface area contributed by atoms with Gasteiger partial charge in [0.05, 0.1) is 17.0 Å². The lowest BCUT2D eigenvalue weighted by Gasteiger charge is -2.19. The molecule has 1 aromatic carbocycles. The average Bonchev–Trinajstić information content (AvgIpc) is 3.28. The number of aliphatic imine (C=N–C) groups is 1. The van der Waals surface area contributed by atoms with Crippen LogP contribution in [0.1, 0.15) is 31.0 Å². The molecule has 170 valence electrons. The molecule has 12 nitrogen and oxygen atoms in total. The van der Waals surface area contributed by atoms with Gasteiger partial charge in [-0.2, -0.15) is 5.10 Å². The Bertz CT molecular complexity index is 1000. The predicted molar refractivity (Wildman–Crippen MR) is 121 cm³/mol. The van der Waals surface area contributed by atoms with Crippen molar-refractivity contribution < 1.29 is 9.72 Å². The summed E-state index contributed by atoms with van der Waals surface area (Å²) >= 11 is 0. The van der Waals surface area contributed by atoms with Gasteiger partial charge in [-0.1, -0.05) is 13.0 Å². The lowest BCUT2D eigenvalue weighted by Crippen LogP contribution is -2.35. The quantitative estimate of drug-likeness (QED) is 0.121. The zero-order chi connectivity index (χ0) is 22.9. The molecule has 6 N–H and O–H groups in total. The Morgan fingerprint density at radius 1 is 1.41 bits per heavy atom. The van der Waals surface area contributed by atoms with Crippen molar-refractivity contribution in [2.24, 2.45) is 21.7 Å². The van der Waals surface area contributed by atoms with E-state index in [-0.39, 0.29) is 17.5 Å². The number of hydrogen-bond acceptors (Lipinski definition) is 7. The number of imidazole rings is 1. The van der Waals surface area contributed by atoms with Gasteiger partial charge >= 0.3 is 0 Å². The number of amides is 1. The highest BCUT2D eigenvalue weighted by atomic mass is 16.6. The van der Waals surface area contributed by atoms with E-state index in [0.29, 0.717) is 49.0 Å². The molecule has 2 heterocycles. The number of aryl methyl sites for hydroxylation is 1. The number of nitrogens with zero attached hydrogens (tertiary/aromatic N) is 4. The highest BCUT2D eigenvalue weighted by Crippen LogP contribution is 2.27. The number of nitrogens with two attached hydrogens (primary N) is 1. The van der Waals surface area contributed by atoms with Crippen LogP contribution in [0.2, 0.25) is 0 Å². The lowest BCUT2D eigenvalue weighted by molar-refractivity contribution is -0.384. The van der Waals surface area contributed by atoms with Crippen LogP contribution in [0, 0.1) is 16.0 Å². The van der Waals surface area contributed by atoms with Gasteiger partial charge < -0.3 is 21.4 Å². The van der Waals surface area contributed by atoms with Crippen LogP contribution >= 0.6 is 0 Å². The second-order valence-corrected chi connectivity index (χ2v) is 7.43. The summed E-state index contributed by atoms with van der Waals surface area (Å²) in [5, 5.41) is 21.7. The first-order valence-electron chi connectivity index (χ1n) is 10.3. The van der Waals surface area contributed by atoms with Crippen LogP contribution in [0.15, 0.2) is 40.8 Å². The number of nitro benzene ring substituents is 1. The third-order valence-corrected chi connectivity index (χ3v) is 4.94. The van der Waals surface area contributed by atoms with Gasteiger partial charge in [-0.05, 0) is 18.9 Å². The summed E-state index contributed by atoms with van der Waals surface area (Å²) in [6, 6.07) is 4.87. The van der Waals surface area contributed by atoms with Gasteiger partial charge in [-0.3, -0.25) is 19.9 Å². The molecule has 1 aliphatic rings. The van der Waals surface area contributed by atoms with E-state index in [4.69, 9.17) is 5.73 Å². The second kappa shape index (κ2) is 10.9. The van der Waals surface area contributed by atoms with Crippen LogP contribution in [0.25, 0.3) is 0 Å². The molecule has 0 fully saturated rings. The molecule has 0 bridgehead atoms. The van der Waals surface area contributed by atoms with E-state index in [0.717, 1.165) is 18.5 Å². The Hall–Kier alpha value is -3.96. The molecule has 0 spiro atoms. The van der Waals surface area contributed by atoms with Crippen molar-refractivity contribution in [1.82, 2.24) is 20.7 Å². The fourth-order valence-corrected chi connectivity index (χ4v) is 3.33. The Balaban J connectivity index is 1.49. The van der Waals surface area contributed by atoms with Crippen molar-refractivity contribution in [2.45, 2.75) is 26.2 Å². The highest BCUT2D eigenvalue weighted by Gasteiger charge is 2.24. The number of carbonyl (C=O) groups excluding carboxylic acids is 1. The molecule has 1 aromatic heterocycles. The van der Waals surface area contributed by atoms with Crippen molar-refractivity contribution in [2.75, 3.05) is 25.0 Å². The molecule has 0 saturated heterocycles. The Kier molecular flexibility index (Phi) is 7.73. The second-order valence-electron chi connectivity index (χ2n) is 7.43. The van der Waals surface area contributed by atoms with E-state index < -0.39 is 4.92 Å². The summed E-state index contributed by atoms with van der Waals surface area (Å²) in [6.45, 7) is 3.31. The van der Waals surface area contributed by atoms with Gasteiger partial charge in [0.1, 0.15) is 5.69 Å². The van der Waals surface area contributed by atoms with Crippen LogP contribution in [0.4, 0.5) is 11.4 Å². The molecule has 12 heteroatoms. The fourth-order valence-electron chi connectivity index (χ4n) is 3.33. The van der Waals surface area contributed by atoms with Gasteiger partial charge in [0.25, 0.3) is 5.69 Å². The number of anilines is 1. The topological polar surface area (TPSA) is 176 Å². The van der Waals surface area contributed by atoms with Gasteiger partial charge in [0.2, 0.25) is 5.91 Å². The standard InChI is InChI=1S/C20H27N9O3/c1-13-9-18(30)27-28-19(13)14-4-5-16(17(10-14)29(31)32)23-7-8-25-20(21)24-6-2-3-15-11-22-12-26-15/h4-5,10-13,23H,2-3,6-9H2,1H3,(H,22,26)(H,27,30)(H3,21,24,25). The molecular formula is C20H27N9O3. The normalized spacial score (nSPS) is 16.3. The summed E-state index contributed by atoms with van der Waals surface area (Å²) in [7, 11) is 0. The Morgan fingerprint density at radius 2 is 2.25 bits per heavy atom. The molecular weight excluding hydrogens is 414 g/mol. The molecule has 0 radical (unpaired) electrons. The summed E-state index contributed by atoms with van der Waals surface area (Å²) in [4.78, 5) is 33.8. The SMILES string of the molecule is CC1CC(=O)NN=C1c1ccc(NCCNC(N)=NCCCc2cnc[nH]2)c([N+](=O)[O-])c1. The van der Waals surface area contributed by atoms with E-state index in [2.05, 4.69) is 36.1 Å². The lowest BCUT2D eigenvalue weighted by atomic mass is 9.93. The first kappa shape index (κ1) is 22.7. The minimum absolute atomic E-state index is 0.0604. The number of benzene rings is 1. The fraction of sp³-hybridized carbons (Fsp3) is 0.400. The number of nitrogens with one attached hydrogen (secondary N) is 4. The van der Waals surface area contributed by atoms with Crippen molar-refractivity contribution in [1.29, 1.82) is 0 Å². The van der Waals surface area contributed by atoms with E-state index >= 15 is 0 Å². The molecule has 1 amide bonds. The van der Waals surface area contributed by atoms with Crippen LogP contribution < -0.4 is 21.8 Å². The van der Waals surface area contributed by atoms with Gasteiger partial charge in [0.15, 0.2) is 5.96 Å². The highest BCUT2D eigenvalue weighted by molar-refractivity contribution is 6.06. The van der Waals surface area contributed by atoms with E-state index in [1.54, 1.807) is 24.7 Å². The molecule has 1 atom stereocenters.